The van der Waals surface area contributed by atoms with Crippen LogP contribution in [0.1, 0.15) is 5.56 Å². The molecule has 4 nitrogen and oxygen atoms in total. The van der Waals surface area contributed by atoms with Crippen LogP contribution in [-0.2, 0) is 16.6 Å². The lowest BCUT2D eigenvalue weighted by Crippen LogP contribution is -2.23. The van der Waals surface area contributed by atoms with Crippen LogP contribution in [0.15, 0.2) is 83.8 Å². The molecule has 0 unspecified atom stereocenters. The lowest BCUT2D eigenvalue weighted by atomic mass is 10.1. The first-order chi connectivity index (χ1) is 12.5. The number of hydrogen-bond acceptors (Lipinski definition) is 3. The van der Waals surface area contributed by atoms with Crippen molar-refractivity contribution in [2.45, 2.75) is 11.4 Å². The van der Waals surface area contributed by atoms with Crippen LogP contribution in [0, 0.1) is 0 Å². The van der Waals surface area contributed by atoms with Gasteiger partial charge in [0.1, 0.15) is 0 Å². The van der Waals surface area contributed by atoms with Gasteiger partial charge in [0.2, 0.25) is 10.0 Å². The molecule has 3 N–H and O–H groups in total. The third-order valence-electron chi connectivity index (χ3n) is 4.49. The fourth-order valence-corrected chi connectivity index (χ4v) is 4.38. The van der Waals surface area contributed by atoms with E-state index in [1.165, 1.54) is 0 Å². The van der Waals surface area contributed by atoms with Crippen LogP contribution in [0.2, 0.25) is 0 Å². The molecule has 4 aromatic rings. The fraction of sp³-hybridized carbons (Fsp3) is 0.0476. The molecule has 0 amide bonds. The van der Waals surface area contributed by atoms with E-state index in [4.69, 9.17) is 5.73 Å². The first kappa shape index (κ1) is 19.2. The predicted octanol–water partition coefficient (Wildman–Crippen LogP) is 4.48. The van der Waals surface area contributed by atoms with Crippen LogP contribution in [0.4, 0.5) is 5.69 Å². The molecule has 0 bridgehead atoms. The van der Waals surface area contributed by atoms with Crippen molar-refractivity contribution >= 4 is 49.7 Å². The summed E-state index contributed by atoms with van der Waals surface area (Å²) >= 11 is 0. The van der Waals surface area contributed by atoms with E-state index in [2.05, 4.69) is 4.72 Å². The number of hydrogen-bond donors (Lipinski definition) is 2. The summed E-state index contributed by atoms with van der Waals surface area (Å²) in [5.41, 5.74) is 7.44. The molecule has 0 atom stereocenters. The summed E-state index contributed by atoms with van der Waals surface area (Å²) in [5.74, 6) is 0. The highest BCUT2D eigenvalue weighted by molar-refractivity contribution is 7.89. The number of benzene rings is 4. The highest BCUT2D eigenvalue weighted by Gasteiger charge is 2.17. The number of rotatable bonds is 4. The van der Waals surface area contributed by atoms with Crippen molar-refractivity contribution < 1.29 is 8.42 Å². The molecule has 0 spiro atoms. The molecule has 0 aromatic heterocycles. The van der Waals surface area contributed by atoms with Crippen LogP contribution in [-0.4, -0.2) is 8.42 Å². The van der Waals surface area contributed by atoms with Crippen molar-refractivity contribution in [3.05, 3.63) is 84.4 Å². The zero-order chi connectivity index (χ0) is 18.1. The Kier molecular flexibility index (Phi) is 5.37. The minimum Gasteiger partial charge on any atom is -0.398 e. The number of fused-ring (bicyclic) bond motifs is 2. The van der Waals surface area contributed by atoms with Gasteiger partial charge in [-0.3, -0.25) is 0 Å². The number of nitrogens with one attached hydrogen (secondary N) is 1. The highest BCUT2D eigenvalue weighted by atomic mass is 35.5. The molecule has 0 saturated heterocycles. The Bertz CT molecular complexity index is 1220. The minimum absolute atomic E-state index is 0. The molecule has 4 aromatic carbocycles. The SMILES string of the molecule is Cl.Nc1cccc2c(S(=O)(=O)NCc3ccc4ccccc4c3)cccc12. The van der Waals surface area contributed by atoms with Gasteiger partial charge in [-0.15, -0.1) is 12.4 Å². The summed E-state index contributed by atoms with van der Waals surface area (Å²) in [6.45, 7) is 0.228. The average Bonchev–Trinajstić information content (AvgIpc) is 2.66. The maximum Gasteiger partial charge on any atom is 0.241 e. The Morgan fingerprint density at radius 1 is 0.778 bits per heavy atom. The number of halogens is 1. The van der Waals surface area contributed by atoms with Gasteiger partial charge in [0.05, 0.1) is 4.90 Å². The summed E-state index contributed by atoms with van der Waals surface area (Å²) in [4.78, 5) is 0.239. The van der Waals surface area contributed by atoms with Gasteiger partial charge in [-0.05, 0) is 34.5 Å². The van der Waals surface area contributed by atoms with Crippen molar-refractivity contribution in [2.24, 2.45) is 0 Å². The smallest absolute Gasteiger partial charge is 0.241 e. The summed E-state index contributed by atoms with van der Waals surface area (Å²) in [5, 5.41) is 3.57. The van der Waals surface area contributed by atoms with Gasteiger partial charge in [-0.2, -0.15) is 0 Å². The standard InChI is InChI=1S/C21H18N2O2S.ClH/c22-20-9-3-8-19-18(20)7-4-10-21(19)26(24,25)23-14-15-11-12-16-5-1-2-6-17(16)13-15;/h1-13,23H,14,22H2;1H. The molecule has 0 saturated carbocycles. The van der Waals surface area contributed by atoms with Crippen LogP contribution in [0.5, 0.6) is 0 Å². The van der Waals surface area contributed by atoms with Gasteiger partial charge in [0.15, 0.2) is 0 Å². The Morgan fingerprint density at radius 2 is 1.48 bits per heavy atom. The first-order valence-corrected chi connectivity index (χ1v) is 9.77. The number of nitrogens with two attached hydrogens (primary N) is 1. The lowest BCUT2D eigenvalue weighted by molar-refractivity contribution is 0.582. The highest BCUT2D eigenvalue weighted by Crippen LogP contribution is 2.27. The second kappa shape index (κ2) is 7.56. The van der Waals surface area contributed by atoms with E-state index in [1.54, 1.807) is 30.3 Å². The maximum atomic E-state index is 12.8. The fourth-order valence-electron chi connectivity index (χ4n) is 3.14. The van der Waals surface area contributed by atoms with E-state index in [0.29, 0.717) is 11.1 Å². The summed E-state index contributed by atoms with van der Waals surface area (Å²) in [6, 6.07) is 24.4. The monoisotopic (exact) mass is 398 g/mol. The normalized spacial score (nSPS) is 11.4. The molecule has 0 aliphatic rings. The molecule has 0 aliphatic heterocycles. The molecule has 4 rings (SSSR count). The topological polar surface area (TPSA) is 72.2 Å². The van der Waals surface area contributed by atoms with Gasteiger partial charge >= 0.3 is 0 Å². The Balaban J connectivity index is 0.00000210. The van der Waals surface area contributed by atoms with Crippen LogP contribution < -0.4 is 10.5 Å². The number of anilines is 1. The number of sulfonamides is 1. The van der Waals surface area contributed by atoms with Crippen molar-refractivity contribution in [3.8, 4) is 0 Å². The second-order valence-corrected chi connectivity index (χ2v) is 7.94. The summed E-state index contributed by atoms with van der Waals surface area (Å²) in [7, 11) is -3.66. The Morgan fingerprint density at radius 3 is 2.30 bits per heavy atom. The Hall–Kier alpha value is -2.60. The van der Waals surface area contributed by atoms with E-state index in [1.807, 2.05) is 48.5 Å². The molecular weight excluding hydrogens is 380 g/mol. The van der Waals surface area contributed by atoms with Crippen molar-refractivity contribution in [1.82, 2.24) is 4.72 Å². The molecule has 138 valence electrons. The molecule has 27 heavy (non-hydrogen) atoms. The first-order valence-electron chi connectivity index (χ1n) is 8.29. The third kappa shape index (κ3) is 3.76. The lowest BCUT2D eigenvalue weighted by Gasteiger charge is -2.11. The molecular formula is C21H19ClN2O2S. The van der Waals surface area contributed by atoms with Crippen LogP contribution in [0.25, 0.3) is 21.5 Å². The summed E-state index contributed by atoms with van der Waals surface area (Å²) in [6.07, 6.45) is 0. The molecule has 0 radical (unpaired) electrons. The van der Waals surface area contributed by atoms with E-state index >= 15 is 0 Å². The van der Waals surface area contributed by atoms with Crippen molar-refractivity contribution in [1.29, 1.82) is 0 Å². The minimum atomic E-state index is -3.66. The van der Waals surface area contributed by atoms with Crippen molar-refractivity contribution in [3.63, 3.8) is 0 Å². The largest absolute Gasteiger partial charge is 0.398 e. The molecule has 0 aliphatic carbocycles. The summed E-state index contributed by atoms with van der Waals surface area (Å²) < 4.78 is 28.4. The molecule has 0 fully saturated rings. The van der Waals surface area contributed by atoms with E-state index in [-0.39, 0.29) is 23.8 Å². The van der Waals surface area contributed by atoms with Gasteiger partial charge in [-0.1, -0.05) is 60.7 Å². The zero-order valence-corrected chi connectivity index (χ0v) is 16.1. The molecule has 6 heteroatoms. The van der Waals surface area contributed by atoms with Gasteiger partial charge in [0, 0.05) is 23.0 Å². The average molecular weight is 399 g/mol. The quantitative estimate of drug-likeness (QED) is 0.498. The number of nitrogen functional groups attached to an aromatic ring is 1. The van der Waals surface area contributed by atoms with E-state index in [9.17, 15) is 8.42 Å². The third-order valence-corrected chi connectivity index (χ3v) is 5.94. The van der Waals surface area contributed by atoms with Gasteiger partial charge in [-0.25, -0.2) is 13.1 Å². The Labute approximate surface area is 164 Å². The van der Waals surface area contributed by atoms with Gasteiger partial charge in [0.25, 0.3) is 0 Å². The zero-order valence-electron chi connectivity index (χ0n) is 14.4. The van der Waals surface area contributed by atoms with Crippen molar-refractivity contribution in [2.75, 3.05) is 5.73 Å². The van der Waals surface area contributed by atoms with Crippen LogP contribution >= 0.6 is 12.4 Å². The van der Waals surface area contributed by atoms with Gasteiger partial charge < -0.3 is 5.73 Å². The molecule has 0 heterocycles. The van der Waals surface area contributed by atoms with E-state index < -0.39 is 10.0 Å². The van der Waals surface area contributed by atoms with E-state index in [0.717, 1.165) is 21.7 Å². The second-order valence-electron chi connectivity index (χ2n) is 6.20. The van der Waals surface area contributed by atoms with Crippen LogP contribution in [0.3, 0.4) is 0 Å². The maximum absolute atomic E-state index is 12.8. The predicted molar refractivity (Wildman–Crippen MR) is 114 cm³/mol.